The molecule has 0 spiro atoms. The molecule has 6 nitrogen and oxygen atoms in total. The van der Waals surface area contributed by atoms with Crippen LogP contribution in [-0.4, -0.2) is 47.0 Å². The minimum atomic E-state index is -0.310. The Balaban J connectivity index is 1.91. The van der Waals surface area contributed by atoms with Gasteiger partial charge < -0.3 is 4.74 Å². The molecule has 0 atom stereocenters. The summed E-state index contributed by atoms with van der Waals surface area (Å²) >= 11 is 0. The van der Waals surface area contributed by atoms with Crippen molar-refractivity contribution in [3.05, 3.63) is 36.0 Å². The van der Waals surface area contributed by atoms with Crippen LogP contribution in [-0.2, 0) is 4.79 Å². The van der Waals surface area contributed by atoms with Crippen molar-refractivity contribution in [2.45, 2.75) is 19.3 Å². The number of amides is 2. The Hall–Kier alpha value is -3.07. The van der Waals surface area contributed by atoms with Gasteiger partial charge in [0.2, 0.25) is 5.91 Å². The number of hydrogen-bond acceptors (Lipinski definition) is 4. The number of hydrogen-bond donors (Lipinski definition) is 0. The predicted molar refractivity (Wildman–Crippen MR) is 93.7 cm³/mol. The third-order valence-electron chi connectivity index (χ3n) is 4.15. The molecule has 1 fully saturated rings. The van der Waals surface area contributed by atoms with Gasteiger partial charge in [-0.1, -0.05) is 12.1 Å². The summed E-state index contributed by atoms with van der Waals surface area (Å²) < 4.78 is 5.39. The van der Waals surface area contributed by atoms with E-state index in [0.717, 1.165) is 11.8 Å². The lowest BCUT2D eigenvalue weighted by molar-refractivity contribution is -0.140. The van der Waals surface area contributed by atoms with Crippen LogP contribution >= 0.6 is 0 Å². The molecule has 2 heterocycles. The number of carbonyl (C=O) groups is 2. The van der Waals surface area contributed by atoms with Gasteiger partial charge in [0.1, 0.15) is 11.4 Å². The zero-order chi connectivity index (χ0) is 17.8. The van der Waals surface area contributed by atoms with Crippen molar-refractivity contribution >= 4 is 22.7 Å². The summed E-state index contributed by atoms with van der Waals surface area (Å²) in [5.74, 6) is 2.58. The normalized spacial score (nSPS) is 13.8. The molecule has 0 radical (unpaired) electrons. The highest BCUT2D eigenvalue weighted by Crippen LogP contribution is 2.26. The molecular weight excluding hydrogens is 318 g/mol. The first kappa shape index (κ1) is 16.8. The number of rotatable bonds is 4. The Morgan fingerprint density at radius 3 is 2.80 bits per heavy atom. The molecule has 1 aromatic carbocycles. The second-order valence-electron chi connectivity index (χ2n) is 5.73. The van der Waals surface area contributed by atoms with E-state index in [1.807, 2.05) is 24.3 Å². The van der Waals surface area contributed by atoms with Gasteiger partial charge in [0.15, 0.2) is 0 Å². The maximum Gasteiger partial charge on any atom is 0.291 e. The minimum Gasteiger partial charge on any atom is -0.496 e. The van der Waals surface area contributed by atoms with Crippen LogP contribution < -0.4 is 4.74 Å². The van der Waals surface area contributed by atoms with E-state index in [1.54, 1.807) is 13.2 Å². The first-order valence-electron chi connectivity index (χ1n) is 8.15. The molecule has 1 aliphatic rings. The smallest absolute Gasteiger partial charge is 0.291 e. The molecule has 1 aliphatic heterocycles. The van der Waals surface area contributed by atoms with Gasteiger partial charge in [-0.3, -0.25) is 14.6 Å². The fourth-order valence-corrected chi connectivity index (χ4v) is 2.94. The number of pyridine rings is 1. The summed E-state index contributed by atoms with van der Waals surface area (Å²) in [5, 5.41) is 3.77. The first-order valence-corrected chi connectivity index (χ1v) is 8.15. The topological polar surface area (TPSA) is 62.7 Å². The lowest BCUT2D eigenvalue weighted by atomic mass is 10.1. The van der Waals surface area contributed by atoms with Gasteiger partial charge >= 0.3 is 0 Å². The van der Waals surface area contributed by atoms with Gasteiger partial charge in [-0.25, -0.2) is 9.99 Å². The molecular formula is C19H19N3O3. The van der Waals surface area contributed by atoms with E-state index in [1.165, 1.54) is 10.0 Å². The molecule has 0 unspecified atom stereocenters. The number of carbonyl (C=O) groups excluding carboxylic acids is 2. The standard InChI is InChI=1S/C19H19N3O3/c1-3-4-10-18(23)21-11-7-12-22(21)19(24)16-13-17(25-2)14-8-5-6-9-15(14)20-16/h1,5-6,8-9,13H,4,7,10-12H2,2H3. The third kappa shape index (κ3) is 3.26. The molecule has 2 amide bonds. The van der Waals surface area contributed by atoms with E-state index in [2.05, 4.69) is 10.9 Å². The Bertz CT molecular complexity index is 857. The van der Waals surface area contributed by atoms with E-state index < -0.39 is 0 Å². The number of benzene rings is 1. The monoisotopic (exact) mass is 337 g/mol. The Kier molecular flexibility index (Phi) is 4.85. The van der Waals surface area contributed by atoms with Gasteiger partial charge in [0.25, 0.3) is 5.91 Å². The minimum absolute atomic E-state index is 0.142. The fourth-order valence-electron chi connectivity index (χ4n) is 2.94. The maximum atomic E-state index is 12.9. The van der Waals surface area contributed by atoms with Gasteiger partial charge in [-0.15, -0.1) is 12.3 Å². The Morgan fingerprint density at radius 2 is 2.04 bits per heavy atom. The van der Waals surface area contributed by atoms with Crippen LogP contribution in [0.25, 0.3) is 10.9 Å². The van der Waals surface area contributed by atoms with E-state index in [4.69, 9.17) is 11.2 Å². The number of terminal acetylenes is 1. The summed E-state index contributed by atoms with van der Waals surface area (Å²) in [7, 11) is 1.56. The van der Waals surface area contributed by atoms with Crippen LogP contribution in [0.3, 0.4) is 0 Å². The maximum absolute atomic E-state index is 12.9. The summed E-state index contributed by atoms with van der Waals surface area (Å²) in [6, 6.07) is 9.08. The molecule has 25 heavy (non-hydrogen) atoms. The molecule has 0 saturated carbocycles. The van der Waals surface area contributed by atoms with Gasteiger partial charge in [0, 0.05) is 37.4 Å². The van der Waals surface area contributed by atoms with Crippen LogP contribution in [0.1, 0.15) is 29.8 Å². The van der Waals surface area contributed by atoms with Crippen molar-refractivity contribution in [2.24, 2.45) is 0 Å². The van der Waals surface area contributed by atoms with Crippen molar-refractivity contribution in [3.63, 3.8) is 0 Å². The van der Waals surface area contributed by atoms with Crippen molar-refractivity contribution in [1.29, 1.82) is 0 Å². The first-order chi connectivity index (χ1) is 12.2. The summed E-state index contributed by atoms with van der Waals surface area (Å²) in [5.41, 5.74) is 0.932. The zero-order valence-electron chi connectivity index (χ0n) is 14.1. The van der Waals surface area contributed by atoms with E-state index in [9.17, 15) is 9.59 Å². The average Bonchev–Trinajstić information content (AvgIpc) is 3.14. The molecule has 3 rings (SSSR count). The summed E-state index contributed by atoms with van der Waals surface area (Å²) in [6.07, 6.45) is 6.55. The quantitative estimate of drug-likeness (QED) is 0.803. The number of nitrogens with zero attached hydrogens (tertiary/aromatic N) is 3. The highest BCUT2D eigenvalue weighted by atomic mass is 16.5. The fraction of sp³-hybridized carbons (Fsp3) is 0.316. The number of fused-ring (bicyclic) bond motifs is 1. The Labute approximate surface area is 146 Å². The summed E-state index contributed by atoms with van der Waals surface area (Å²) in [4.78, 5) is 29.6. The molecule has 6 heteroatoms. The second kappa shape index (κ2) is 7.22. The van der Waals surface area contributed by atoms with Crippen LogP contribution in [0.5, 0.6) is 5.75 Å². The van der Waals surface area contributed by atoms with E-state index >= 15 is 0 Å². The van der Waals surface area contributed by atoms with Gasteiger partial charge in [-0.2, -0.15) is 0 Å². The van der Waals surface area contributed by atoms with Crippen LogP contribution in [0.4, 0.5) is 0 Å². The summed E-state index contributed by atoms with van der Waals surface area (Å²) in [6.45, 7) is 0.997. The van der Waals surface area contributed by atoms with E-state index in [0.29, 0.717) is 30.8 Å². The number of aromatic nitrogens is 1. The predicted octanol–water partition coefficient (Wildman–Crippen LogP) is 2.25. The molecule has 1 saturated heterocycles. The molecule has 0 N–H and O–H groups in total. The lowest BCUT2D eigenvalue weighted by Crippen LogP contribution is -2.45. The van der Waals surface area contributed by atoms with E-state index in [-0.39, 0.29) is 23.9 Å². The number of hydrazine groups is 1. The highest BCUT2D eigenvalue weighted by Gasteiger charge is 2.31. The van der Waals surface area contributed by atoms with Crippen molar-refractivity contribution < 1.29 is 14.3 Å². The molecule has 0 aliphatic carbocycles. The van der Waals surface area contributed by atoms with Gasteiger partial charge in [0.05, 0.1) is 12.6 Å². The SMILES string of the molecule is C#CCCC(=O)N1CCCN1C(=O)c1cc(OC)c2ccccc2n1. The number of methoxy groups -OCH3 is 1. The molecule has 0 bridgehead atoms. The molecule has 2 aromatic rings. The Morgan fingerprint density at radius 1 is 1.28 bits per heavy atom. The third-order valence-corrected chi connectivity index (χ3v) is 4.15. The lowest BCUT2D eigenvalue weighted by Gasteiger charge is -2.27. The second-order valence-corrected chi connectivity index (χ2v) is 5.73. The average molecular weight is 337 g/mol. The largest absolute Gasteiger partial charge is 0.496 e. The van der Waals surface area contributed by atoms with Crippen LogP contribution in [0.2, 0.25) is 0 Å². The number of para-hydroxylation sites is 1. The molecule has 128 valence electrons. The van der Waals surface area contributed by atoms with Crippen LogP contribution in [0.15, 0.2) is 30.3 Å². The van der Waals surface area contributed by atoms with Crippen molar-refractivity contribution in [3.8, 4) is 18.1 Å². The van der Waals surface area contributed by atoms with Crippen molar-refractivity contribution in [2.75, 3.05) is 20.2 Å². The zero-order valence-corrected chi connectivity index (χ0v) is 14.1. The molecule has 1 aromatic heterocycles. The van der Waals surface area contributed by atoms with Crippen molar-refractivity contribution in [1.82, 2.24) is 15.0 Å². The van der Waals surface area contributed by atoms with Gasteiger partial charge in [-0.05, 0) is 18.6 Å². The highest BCUT2D eigenvalue weighted by molar-refractivity contribution is 5.98. The number of ether oxygens (including phenoxy) is 1. The van der Waals surface area contributed by atoms with Crippen LogP contribution in [0, 0.1) is 12.3 Å².